The minimum absolute atomic E-state index is 0.0644. The Labute approximate surface area is 171 Å². The first-order valence-corrected chi connectivity index (χ1v) is 12.6. The number of carbonyl (C=O) groups excluding carboxylic acids is 2. The monoisotopic (exact) mass is 459 g/mol. The third-order valence-electron chi connectivity index (χ3n) is 2.98. The second kappa shape index (κ2) is 14.0. The minimum Gasteiger partial charge on any atom is -0.461 e. The van der Waals surface area contributed by atoms with Crippen molar-refractivity contribution in [3.05, 3.63) is 0 Å². The zero-order chi connectivity index (χ0) is 22.5. The summed E-state index contributed by atoms with van der Waals surface area (Å²) in [7, 11) is -8.60. The van der Waals surface area contributed by atoms with Gasteiger partial charge in [0.05, 0.1) is 39.6 Å². The largest absolute Gasteiger partial charge is 0.461 e. The lowest BCUT2D eigenvalue weighted by molar-refractivity contribution is -0.140. The van der Waals surface area contributed by atoms with Gasteiger partial charge in [-0.2, -0.15) is 0 Å². The van der Waals surface area contributed by atoms with Gasteiger partial charge < -0.3 is 27.6 Å². The summed E-state index contributed by atoms with van der Waals surface area (Å²) in [6.45, 7) is 8.72. The van der Waals surface area contributed by atoms with Gasteiger partial charge in [0.1, 0.15) is 0 Å². The third-order valence-corrected chi connectivity index (χ3v) is 8.52. The number of hydrogen-bond acceptors (Lipinski definition) is 11. The molecule has 0 heterocycles. The van der Waals surface area contributed by atoms with E-state index in [2.05, 4.69) is 4.99 Å². The molecule has 13 heteroatoms. The number of ether oxygens (including phenoxy) is 2. The van der Waals surface area contributed by atoms with Gasteiger partial charge in [-0.25, -0.2) is 14.6 Å². The Bertz CT molecular complexity index is 582. The Morgan fingerprint density at radius 1 is 0.655 bits per heavy atom. The van der Waals surface area contributed by atoms with Crippen molar-refractivity contribution in [2.45, 2.75) is 47.1 Å². The molecule has 0 N–H and O–H groups in total. The van der Waals surface area contributed by atoms with Gasteiger partial charge in [0.25, 0.3) is 5.52 Å². The topological polar surface area (TPSA) is 136 Å². The number of carbonyl (C=O) groups is 2. The van der Waals surface area contributed by atoms with E-state index >= 15 is 0 Å². The number of rotatable bonds is 15. The third kappa shape index (κ3) is 8.28. The molecule has 0 aliphatic carbocycles. The van der Waals surface area contributed by atoms with Crippen LogP contribution in [0.2, 0.25) is 0 Å². The molecule has 0 fully saturated rings. The number of aliphatic imine (C=N–C) groups is 1. The first-order valence-electron chi connectivity index (χ1n) is 9.38. The van der Waals surface area contributed by atoms with Crippen molar-refractivity contribution in [2.24, 2.45) is 4.99 Å². The quantitative estimate of drug-likeness (QED) is 0.155. The standard InChI is InChI=1S/C16H31NO10P2/c1-7-22-14(18)13(15(19)23-8-2)17-16(28(20,24-9-3)25-10-4)29(21,26-11-5)27-12-6/h16H,7-12H2,1-6H3. The Kier molecular flexibility index (Phi) is 13.5. The maximum absolute atomic E-state index is 13.4. The second-order valence-corrected chi connectivity index (χ2v) is 9.59. The van der Waals surface area contributed by atoms with Crippen molar-refractivity contribution in [3.8, 4) is 0 Å². The van der Waals surface area contributed by atoms with Gasteiger partial charge in [-0.1, -0.05) is 0 Å². The molecule has 0 rings (SSSR count). The smallest absolute Gasteiger partial charge is 0.367 e. The zero-order valence-electron chi connectivity index (χ0n) is 17.7. The summed E-state index contributed by atoms with van der Waals surface area (Å²) in [5, 5.41) is 0. The predicted octanol–water partition coefficient (Wildman–Crippen LogP) is 3.37. The summed E-state index contributed by atoms with van der Waals surface area (Å²) in [6, 6.07) is 0. The highest BCUT2D eigenvalue weighted by Crippen LogP contribution is 2.70. The van der Waals surface area contributed by atoms with Crippen molar-refractivity contribution in [2.75, 3.05) is 39.6 Å². The van der Waals surface area contributed by atoms with Crippen LogP contribution in [0.5, 0.6) is 0 Å². The molecule has 0 aliphatic rings. The van der Waals surface area contributed by atoms with Crippen LogP contribution in [-0.2, 0) is 46.3 Å². The van der Waals surface area contributed by atoms with Gasteiger partial charge in [-0.05, 0) is 41.5 Å². The van der Waals surface area contributed by atoms with E-state index in [9.17, 15) is 18.7 Å². The molecule has 0 aromatic carbocycles. The first-order chi connectivity index (χ1) is 13.7. The average Bonchev–Trinajstić information content (AvgIpc) is 2.63. The van der Waals surface area contributed by atoms with Crippen molar-refractivity contribution >= 4 is 32.8 Å². The molecule has 0 saturated heterocycles. The van der Waals surface area contributed by atoms with E-state index in [4.69, 9.17) is 27.6 Å². The fourth-order valence-corrected chi connectivity index (χ4v) is 6.90. The second-order valence-electron chi connectivity index (χ2n) is 5.02. The zero-order valence-corrected chi connectivity index (χ0v) is 19.5. The normalized spacial score (nSPS) is 12.0. The van der Waals surface area contributed by atoms with Gasteiger partial charge in [0.15, 0.2) is 0 Å². The molecule has 0 bridgehead atoms. The molecule has 29 heavy (non-hydrogen) atoms. The van der Waals surface area contributed by atoms with Crippen LogP contribution < -0.4 is 0 Å². The van der Waals surface area contributed by atoms with Crippen molar-refractivity contribution in [3.63, 3.8) is 0 Å². The lowest BCUT2D eigenvalue weighted by atomic mass is 10.4. The molecular weight excluding hydrogens is 428 g/mol. The van der Waals surface area contributed by atoms with Gasteiger partial charge in [0.2, 0.25) is 5.71 Å². The van der Waals surface area contributed by atoms with Crippen LogP contribution in [0.4, 0.5) is 0 Å². The molecule has 170 valence electrons. The fourth-order valence-electron chi connectivity index (χ4n) is 2.08. The Balaban J connectivity index is 6.73. The molecule has 0 saturated carbocycles. The molecule has 0 aromatic rings. The van der Waals surface area contributed by atoms with Crippen LogP contribution in [0.15, 0.2) is 4.99 Å². The Morgan fingerprint density at radius 2 is 0.966 bits per heavy atom. The number of esters is 2. The molecule has 0 amide bonds. The SMILES string of the molecule is CCOC(=O)C(=NC(P(=O)(OCC)OCC)P(=O)(OCC)OCC)C(=O)OCC. The highest BCUT2D eigenvalue weighted by molar-refractivity contribution is 7.72. The highest BCUT2D eigenvalue weighted by Gasteiger charge is 2.52. The van der Waals surface area contributed by atoms with Crippen LogP contribution in [0.3, 0.4) is 0 Å². The minimum atomic E-state index is -4.30. The molecular formula is C16H31NO10P2. The molecule has 0 aliphatic heterocycles. The maximum atomic E-state index is 13.4. The lowest BCUT2D eigenvalue weighted by Crippen LogP contribution is -2.31. The fraction of sp³-hybridized carbons (Fsp3) is 0.812. The maximum Gasteiger partial charge on any atom is 0.367 e. The highest BCUT2D eigenvalue weighted by atomic mass is 31.2. The van der Waals surface area contributed by atoms with Crippen LogP contribution in [-0.4, -0.2) is 62.8 Å². The summed E-state index contributed by atoms with van der Waals surface area (Å²) >= 11 is 0. The molecule has 0 atom stereocenters. The van der Waals surface area contributed by atoms with Gasteiger partial charge in [0, 0.05) is 0 Å². The number of hydrogen-bond donors (Lipinski definition) is 0. The number of nitrogens with zero attached hydrogens (tertiary/aromatic N) is 1. The molecule has 0 unspecified atom stereocenters. The van der Waals surface area contributed by atoms with Crippen molar-refractivity contribution in [1.82, 2.24) is 0 Å². The first kappa shape index (κ1) is 27.9. The molecule has 0 spiro atoms. The summed E-state index contributed by atoms with van der Waals surface area (Å²) in [6.07, 6.45) is 0. The Morgan fingerprint density at radius 3 is 1.21 bits per heavy atom. The van der Waals surface area contributed by atoms with Crippen molar-refractivity contribution < 1.29 is 46.3 Å². The van der Waals surface area contributed by atoms with Crippen molar-refractivity contribution in [1.29, 1.82) is 0 Å². The van der Waals surface area contributed by atoms with E-state index in [1.165, 1.54) is 41.5 Å². The summed E-state index contributed by atoms with van der Waals surface area (Å²) < 4.78 is 57.4. The summed E-state index contributed by atoms with van der Waals surface area (Å²) in [4.78, 5) is 28.4. The molecule has 11 nitrogen and oxygen atoms in total. The average molecular weight is 459 g/mol. The predicted molar refractivity (Wildman–Crippen MR) is 106 cm³/mol. The van der Waals surface area contributed by atoms with E-state index in [0.717, 1.165) is 0 Å². The summed E-state index contributed by atoms with van der Waals surface area (Å²) in [5.41, 5.74) is -2.78. The van der Waals surface area contributed by atoms with E-state index in [-0.39, 0.29) is 39.6 Å². The molecule has 0 radical (unpaired) electrons. The van der Waals surface area contributed by atoms with Gasteiger partial charge in [-0.15, -0.1) is 0 Å². The van der Waals surface area contributed by atoms with E-state index in [1.807, 2.05) is 0 Å². The van der Waals surface area contributed by atoms with Gasteiger partial charge in [-0.3, -0.25) is 9.13 Å². The van der Waals surface area contributed by atoms with E-state index in [1.54, 1.807) is 0 Å². The molecule has 0 aromatic heterocycles. The van der Waals surface area contributed by atoms with Crippen LogP contribution >= 0.6 is 15.2 Å². The Hall–Kier alpha value is -1.09. The summed E-state index contributed by atoms with van der Waals surface area (Å²) in [5.74, 6) is -2.29. The van der Waals surface area contributed by atoms with Crippen LogP contribution in [0, 0.1) is 0 Å². The van der Waals surface area contributed by atoms with Gasteiger partial charge >= 0.3 is 27.1 Å². The van der Waals surface area contributed by atoms with Crippen LogP contribution in [0.25, 0.3) is 0 Å². The van der Waals surface area contributed by atoms with E-state index < -0.39 is 38.4 Å². The van der Waals surface area contributed by atoms with E-state index in [0.29, 0.717) is 0 Å². The van der Waals surface area contributed by atoms with Crippen LogP contribution in [0.1, 0.15) is 41.5 Å². The lowest BCUT2D eigenvalue weighted by Gasteiger charge is -2.29.